The monoisotopic (exact) mass is 458 g/mol. The summed E-state index contributed by atoms with van der Waals surface area (Å²) in [5.41, 5.74) is 1.71. The van der Waals surface area contributed by atoms with E-state index in [4.69, 9.17) is 23.2 Å². The number of benzene rings is 2. The van der Waals surface area contributed by atoms with Crippen molar-refractivity contribution < 1.29 is 4.39 Å². The molecule has 0 aliphatic heterocycles. The van der Waals surface area contributed by atoms with Gasteiger partial charge in [-0.05, 0) is 73.9 Å². The van der Waals surface area contributed by atoms with Gasteiger partial charge >= 0.3 is 0 Å². The smallest absolute Gasteiger partial charge is 0.137 e. The second-order valence-electron chi connectivity index (χ2n) is 3.71. The van der Waals surface area contributed by atoms with Gasteiger partial charge in [-0.15, -0.1) is 11.6 Å². The first-order valence-electron chi connectivity index (χ1n) is 5.03. The summed E-state index contributed by atoms with van der Waals surface area (Å²) >= 11 is 17.8. The van der Waals surface area contributed by atoms with E-state index < -0.39 is 0 Å². The molecule has 0 bridgehead atoms. The number of halogens is 5. The Kier molecular flexibility index (Phi) is 4.92. The van der Waals surface area contributed by atoms with Crippen LogP contribution in [0, 0.1) is 9.39 Å². The van der Waals surface area contributed by atoms with Crippen molar-refractivity contribution in [3.63, 3.8) is 0 Å². The van der Waals surface area contributed by atoms with Crippen LogP contribution in [0.15, 0.2) is 40.9 Å². The first-order valence-corrected chi connectivity index (χ1v) is 7.71. The van der Waals surface area contributed by atoms with Gasteiger partial charge in [-0.3, -0.25) is 0 Å². The fourth-order valence-corrected chi connectivity index (χ4v) is 2.72. The summed E-state index contributed by atoms with van der Waals surface area (Å²) in [5.74, 6) is -0.303. The molecule has 1 atom stereocenters. The molecule has 0 aliphatic rings. The van der Waals surface area contributed by atoms with Gasteiger partial charge in [0.1, 0.15) is 5.82 Å². The van der Waals surface area contributed by atoms with Crippen LogP contribution < -0.4 is 0 Å². The van der Waals surface area contributed by atoms with Crippen molar-refractivity contribution >= 4 is 61.7 Å². The first kappa shape index (κ1) is 14.6. The summed E-state index contributed by atoms with van der Waals surface area (Å²) in [6.45, 7) is 0. The zero-order valence-electron chi connectivity index (χ0n) is 8.93. The molecule has 0 amide bonds. The summed E-state index contributed by atoms with van der Waals surface area (Å²) in [6.07, 6.45) is 0. The number of hydrogen-bond acceptors (Lipinski definition) is 0. The third kappa shape index (κ3) is 3.18. The quantitative estimate of drug-likeness (QED) is 0.372. The minimum Gasteiger partial charge on any atom is -0.206 e. The Labute approximate surface area is 137 Å². The van der Waals surface area contributed by atoms with Gasteiger partial charge in [-0.25, -0.2) is 4.39 Å². The van der Waals surface area contributed by atoms with E-state index in [1.807, 2.05) is 18.2 Å². The molecule has 5 heteroatoms. The van der Waals surface area contributed by atoms with Crippen LogP contribution in [-0.4, -0.2) is 0 Å². The predicted molar refractivity (Wildman–Crippen MR) is 86.0 cm³/mol. The Bertz CT molecular complexity index is 538. The minimum atomic E-state index is -0.351. The zero-order valence-corrected chi connectivity index (χ0v) is 14.2. The van der Waals surface area contributed by atoms with Crippen LogP contribution in [-0.2, 0) is 0 Å². The van der Waals surface area contributed by atoms with Gasteiger partial charge in [0.25, 0.3) is 0 Å². The van der Waals surface area contributed by atoms with Gasteiger partial charge in [0.2, 0.25) is 0 Å². The number of alkyl halides is 1. The van der Waals surface area contributed by atoms with E-state index in [9.17, 15) is 4.39 Å². The van der Waals surface area contributed by atoms with E-state index in [0.29, 0.717) is 9.50 Å². The Hall–Kier alpha value is 0.160. The van der Waals surface area contributed by atoms with Crippen molar-refractivity contribution in [3.05, 3.63) is 66.4 Å². The number of rotatable bonds is 2. The molecule has 94 valence electrons. The standard InChI is InChI=1S/C13H7BrCl2FI/c14-9-5-7(1-3-11(9)17)13(16)8-2-4-12(18)10(15)6-8/h1-6,13H. The van der Waals surface area contributed by atoms with Crippen molar-refractivity contribution in [1.29, 1.82) is 0 Å². The van der Waals surface area contributed by atoms with E-state index in [2.05, 4.69) is 38.5 Å². The van der Waals surface area contributed by atoms with Crippen molar-refractivity contribution in [2.24, 2.45) is 0 Å². The number of hydrogen-bond donors (Lipinski definition) is 0. The molecular weight excluding hydrogens is 453 g/mol. The molecule has 0 aliphatic carbocycles. The maximum atomic E-state index is 13.2. The summed E-state index contributed by atoms with van der Waals surface area (Å²) in [5, 5.41) is 0.316. The van der Waals surface area contributed by atoms with Crippen LogP contribution >= 0.6 is 61.7 Å². The lowest BCUT2D eigenvalue weighted by Gasteiger charge is -2.12. The SMILES string of the molecule is Fc1ccc(C(Cl)c2ccc(I)c(Cl)c2)cc1Br. The third-order valence-corrected chi connectivity index (χ3v) is 5.16. The van der Waals surface area contributed by atoms with Crippen LogP contribution in [0.1, 0.15) is 16.5 Å². The van der Waals surface area contributed by atoms with Crippen molar-refractivity contribution in [1.82, 2.24) is 0 Å². The Morgan fingerprint density at radius 1 is 1.11 bits per heavy atom. The van der Waals surface area contributed by atoms with Crippen molar-refractivity contribution in [2.45, 2.75) is 5.38 Å². The molecule has 2 aromatic carbocycles. The highest BCUT2D eigenvalue weighted by Crippen LogP contribution is 2.33. The van der Waals surface area contributed by atoms with E-state index in [1.165, 1.54) is 6.07 Å². The normalized spacial score (nSPS) is 12.5. The van der Waals surface area contributed by atoms with Gasteiger partial charge < -0.3 is 0 Å². The van der Waals surface area contributed by atoms with Crippen LogP contribution in [0.25, 0.3) is 0 Å². The van der Waals surface area contributed by atoms with E-state index in [0.717, 1.165) is 14.7 Å². The van der Waals surface area contributed by atoms with Gasteiger partial charge in [-0.2, -0.15) is 0 Å². The minimum absolute atomic E-state index is 0.303. The highest BCUT2D eigenvalue weighted by Gasteiger charge is 2.13. The van der Waals surface area contributed by atoms with Gasteiger partial charge in [-0.1, -0.05) is 23.7 Å². The fraction of sp³-hybridized carbons (Fsp3) is 0.0769. The van der Waals surface area contributed by atoms with Crippen LogP contribution in [0.3, 0.4) is 0 Å². The molecule has 1 unspecified atom stereocenters. The topological polar surface area (TPSA) is 0 Å². The molecule has 2 aromatic rings. The first-order chi connectivity index (χ1) is 8.49. The van der Waals surface area contributed by atoms with Crippen LogP contribution in [0.2, 0.25) is 5.02 Å². The van der Waals surface area contributed by atoms with Gasteiger partial charge in [0.05, 0.1) is 14.9 Å². The van der Waals surface area contributed by atoms with E-state index >= 15 is 0 Å². The zero-order chi connectivity index (χ0) is 13.3. The largest absolute Gasteiger partial charge is 0.206 e. The summed E-state index contributed by atoms with van der Waals surface area (Å²) in [6, 6.07) is 10.4. The molecule has 0 saturated heterocycles. The molecule has 0 aromatic heterocycles. The summed E-state index contributed by atoms with van der Waals surface area (Å²) in [4.78, 5) is 0. The lowest BCUT2D eigenvalue weighted by molar-refractivity contribution is 0.620. The second kappa shape index (κ2) is 6.07. The van der Waals surface area contributed by atoms with Crippen LogP contribution in [0.4, 0.5) is 4.39 Å². The fourth-order valence-electron chi connectivity index (χ4n) is 1.53. The molecule has 0 spiro atoms. The summed E-state index contributed by atoms with van der Waals surface area (Å²) < 4.78 is 14.5. The molecule has 2 rings (SSSR count). The molecule has 0 heterocycles. The Balaban J connectivity index is 2.37. The average Bonchev–Trinajstić information content (AvgIpc) is 2.35. The van der Waals surface area contributed by atoms with E-state index in [-0.39, 0.29) is 11.2 Å². The molecule has 0 nitrogen and oxygen atoms in total. The second-order valence-corrected chi connectivity index (χ2v) is 6.57. The van der Waals surface area contributed by atoms with Gasteiger partial charge in [0, 0.05) is 3.57 Å². The lowest BCUT2D eigenvalue weighted by atomic mass is 10.0. The van der Waals surface area contributed by atoms with Crippen molar-refractivity contribution in [3.8, 4) is 0 Å². The molecule has 0 saturated carbocycles. The lowest BCUT2D eigenvalue weighted by Crippen LogP contribution is -1.95. The molecule has 18 heavy (non-hydrogen) atoms. The van der Waals surface area contributed by atoms with Gasteiger partial charge in [0.15, 0.2) is 0 Å². The molecule has 0 radical (unpaired) electrons. The maximum Gasteiger partial charge on any atom is 0.137 e. The molecule has 0 N–H and O–H groups in total. The maximum absolute atomic E-state index is 13.2. The molecule has 0 fully saturated rings. The predicted octanol–water partition coefficient (Wildman–Crippen LogP) is 6.17. The summed E-state index contributed by atoms with van der Waals surface area (Å²) in [7, 11) is 0. The Morgan fingerprint density at radius 2 is 1.72 bits per heavy atom. The Morgan fingerprint density at radius 3 is 2.33 bits per heavy atom. The van der Waals surface area contributed by atoms with E-state index in [1.54, 1.807) is 12.1 Å². The highest BCUT2D eigenvalue weighted by atomic mass is 127. The highest BCUT2D eigenvalue weighted by molar-refractivity contribution is 14.1. The van der Waals surface area contributed by atoms with Crippen LogP contribution in [0.5, 0.6) is 0 Å². The molecular formula is C13H7BrCl2FI. The third-order valence-electron chi connectivity index (χ3n) is 2.47. The van der Waals surface area contributed by atoms with Crippen molar-refractivity contribution in [2.75, 3.05) is 0 Å². The average molecular weight is 460 g/mol.